The molecule has 0 unspecified atom stereocenters. The summed E-state index contributed by atoms with van der Waals surface area (Å²) in [6.07, 6.45) is 1.58. The Morgan fingerprint density at radius 2 is 2.13 bits per heavy atom. The molecule has 5 nitrogen and oxygen atoms in total. The molecular weight excluding hydrogens is 194 g/mol. The van der Waals surface area contributed by atoms with Crippen molar-refractivity contribution in [1.29, 1.82) is 0 Å². The molecular formula is C10H17N3O2. The first-order valence-electron chi connectivity index (χ1n) is 5.01. The van der Waals surface area contributed by atoms with Gasteiger partial charge >= 0.3 is 0 Å². The van der Waals surface area contributed by atoms with E-state index in [0.29, 0.717) is 30.7 Å². The molecule has 0 saturated carbocycles. The number of aryl methyl sites for hydroxylation is 1. The minimum atomic E-state index is 0.448. The standard InChI is InChI=1S/C10H17N3O2/c1-3-9-12-8(11)7-10(13-9)15-6-4-5-14-2/h7H,3-6H2,1-2H3,(H2,11,12,13). The van der Waals surface area contributed by atoms with E-state index in [4.69, 9.17) is 15.2 Å². The van der Waals surface area contributed by atoms with Crippen LogP contribution in [0.25, 0.3) is 0 Å². The highest BCUT2D eigenvalue weighted by Crippen LogP contribution is 2.11. The van der Waals surface area contributed by atoms with Crippen molar-refractivity contribution >= 4 is 5.82 Å². The lowest BCUT2D eigenvalue weighted by molar-refractivity contribution is 0.170. The molecule has 1 aromatic rings. The molecule has 0 aliphatic carbocycles. The first-order valence-corrected chi connectivity index (χ1v) is 5.01. The highest BCUT2D eigenvalue weighted by atomic mass is 16.5. The highest BCUT2D eigenvalue weighted by molar-refractivity contribution is 5.32. The molecule has 2 N–H and O–H groups in total. The number of nitrogen functional groups attached to an aromatic ring is 1. The Hall–Kier alpha value is -1.36. The van der Waals surface area contributed by atoms with Crippen LogP contribution in [0, 0.1) is 0 Å². The van der Waals surface area contributed by atoms with Crippen molar-refractivity contribution in [3.8, 4) is 5.88 Å². The van der Waals surface area contributed by atoms with Crippen molar-refractivity contribution in [2.45, 2.75) is 19.8 Å². The average Bonchev–Trinajstić information content (AvgIpc) is 2.23. The van der Waals surface area contributed by atoms with E-state index in [2.05, 4.69) is 9.97 Å². The number of ether oxygens (including phenoxy) is 2. The second kappa shape index (κ2) is 6.19. The summed E-state index contributed by atoms with van der Waals surface area (Å²) in [5.41, 5.74) is 5.61. The van der Waals surface area contributed by atoms with E-state index >= 15 is 0 Å². The van der Waals surface area contributed by atoms with Crippen LogP contribution in [0.15, 0.2) is 6.07 Å². The van der Waals surface area contributed by atoms with Gasteiger partial charge in [-0.1, -0.05) is 6.92 Å². The Kier molecular flexibility index (Phi) is 4.83. The number of rotatable bonds is 6. The van der Waals surface area contributed by atoms with Gasteiger partial charge in [0.05, 0.1) is 6.61 Å². The summed E-state index contributed by atoms with van der Waals surface area (Å²) in [4.78, 5) is 8.25. The molecule has 0 atom stereocenters. The number of aromatic nitrogens is 2. The number of nitrogens with two attached hydrogens (primary N) is 1. The minimum absolute atomic E-state index is 0.448. The maximum absolute atomic E-state index is 5.61. The predicted octanol–water partition coefficient (Wildman–Crippen LogP) is 1.04. The van der Waals surface area contributed by atoms with Crippen LogP contribution in [0.5, 0.6) is 5.88 Å². The largest absolute Gasteiger partial charge is 0.477 e. The molecule has 15 heavy (non-hydrogen) atoms. The zero-order chi connectivity index (χ0) is 11.1. The summed E-state index contributed by atoms with van der Waals surface area (Å²) in [5.74, 6) is 1.69. The van der Waals surface area contributed by atoms with Crippen LogP contribution in [0.4, 0.5) is 5.82 Å². The molecule has 5 heteroatoms. The summed E-state index contributed by atoms with van der Waals surface area (Å²) < 4.78 is 10.3. The zero-order valence-electron chi connectivity index (χ0n) is 9.19. The van der Waals surface area contributed by atoms with Crippen LogP contribution in [-0.2, 0) is 11.2 Å². The van der Waals surface area contributed by atoms with Crippen LogP contribution >= 0.6 is 0 Å². The van der Waals surface area contributed by atoms with Gasteiger partial charge in [-0.15, -0.1) is 0 Å². The second-order valence-corrected chi connectivity index (χ2v) is 3.10. The lowest BCUT2D eigenvalue weighted by Gasteiger charge is -2.06. The van der Waals surface area contributed by atoms with Gasteiger partial charge in [0.15, 0.2) is 0 Å². The molecule has 0 spiro atoms. The van der Waals surface area contributed by atoms with E-state index in [9.17, 15) is 0 Å². The molecule has 1 aromatic heterocycles. The number of hydrogen-bond acceptors (Lipinski definition) is 5. The molecule has 0 aliphatic heterocycles. The Bertz CT molecular complexity index is 305. The van der Waals surface area contributed by atoms with Gasteiger partial charge in [0, 0.05) is 32.6 Å². The molecule has 0 amide bonds. The molecule has 84 valence electrons. The Morgan fingerprint density at radius 3 is 2.80 bits per heavy atom. The van der Waals surface area contributed by atoms with E-state index in [1.165, 1.54) is 0 Å². The Labute approximate surface area is 89.6 Å². The third-order valence-corrected chi connectivity index (χ3v) is 1.83. The number of hydrogen-bond donors (Lipinski definition) is 1. The topological polar surface area (TPSA) is 70.3 Å². The lowest BCUT2D eigenvalue weighted by atomic mass is 10.4. The fraction of sp³-hybridized carbons (Fsp3) is 0.600. The smallest absolute Gasteiger partial charge is 0.218 e. The monoisotopic (exact) mass is 211 g/mol. The second-order valence-electron chi connectivity index (χ2n) is 3.10. The van der Waals surface area contributed by atoms with Crippen molar-refractivity contribution in [3.63, 3.8) is 0 Å². The third kappa shape index (κ3) is 4.12. The summed E-state index contributed by atoms with van der Waals surface area (Å²) in [5, 5.41) is 0. The van der Waals surface area contributed by atoms with Crippen molar-refractivity contribution in [3.05, 3.63) is 11.9 Å². The molecule has 0 saturated heterocycles. The summed E-state index contributed by atoms with van der Waals surface area (Å²) in [7, 11) is 1.66. The Balaban J connectivity index is 2.49. The normalized spacial score (nSPS) is 10.3. The van der Waals surface area contributed by atoms with Gasteiger partial charge in [-0.3, -0.25) is 0 Å². The van der Waals surface area contributed by atoms with Gasteiger partial charge in [-0.05, 0) is 0 Å². The van der Waals surface area contributed by atoms with Crippen LogP contribution in [0.2, 0.25) is 0 Å². The minimum Gasteiger partial charge on any atom is -0.477 e. The molecule has 1 rings (SSSR count). The lowest BCUT2D eigenvalue weighted by Crippen LogP contribution is -2.06. The van der Waals surface area contributed by atoms with E-state index < -0.39 is 0 Å². The zero-order valence-corrected chi connectivity index (χ0v) is 9.19. The molecule has 1 heterocycles. The first-order chi connectivity index (χ1) is 7.26. The average molecular weight is 211 g/mol. The van der Waals surface area contributed by atoms with Crippen molar-refractivity contribution in [2.75, 3.05) is 26.1 Å². The fourth-order valence-electron chi connectivity index (χ4n) is 1.10. The van der Waals surface area contributed by atoms with Crippen LogP contribution in [-0.4, -0.2) is 30.3 Å². The molecule has 0 bridgehead atoms. The van der Waals surface area contributed by atoms with Crippen LogP contribution < -0.4 is 10.5 Å². The highest BCUT2D eigenvalue weighted by Gasteiger charge is 2.01. The van der Waals surface area contributed by atoms with Crippen LogP contribution in [0.3, 0.4) is 0 Å². The Morgan fingerprint density at radius 1 is 1.33 bits per heavy atom. The number of nitrogens with zero attached hydrogens (tertiary/aromatic N) is 2. The molecule has 0 aromatic carbocycles. The van der Waals surface area contributed by atoms with Gasteiger partial charge in [-0.25, -0.2) is 4.98 Å². The van der Waals surface area contributed by atoms with Gasteiger partial charge < -0.3 is 15.2 Å². The molecule has 0 aliphatic rings. The van der Waals surface area contributed by atoms with Crippen molar-refractivity contribution in [1.82, 2.24) is 9.97 Å². The molecule has 0 fully saturated rings. The SMILES string of the molecule is CCc1nc(N)cc(OCCCOC)n1. The van der Waals surface area contributed by atoms with Crippen molar-refractivity contribution < 1.29 is 9.47 Å². The quantitative estimate of drug-likeness (QED) is 0.712. The van der Waals surface area contributed by atoms with E-state index in [1.807, 2.05) is 6.92 Å². The van der Waals surface area contributed by atoms with E-state index in [1.54, 1.807) is 13.2 Å². The van der Waals surface area contributed by atoms with Crippen LogP contribution in [0.1, 0.15) is 19.2 Å². The van der Waals surface area contributed by atoms with Gasteiger partial charge in [0.25, 0.3) is 0 Å². The maximum Gasteiger partial charge on any atom is 0.218 e. The van der Waals surface area contributed by atoms with Gasteiger partial charge in [0.1, 0.15) is 11.6 Å². The van der Waals surface area contributed by atoms with Gasteiger partial charge in [0.2, 0.25) is 5.88 Å². The number of anilines is 1. The summed E-state index contributed by atoms with van der Waals surface area (Å²) >= 11 is 0. The van der Waals surface area contributed by atoms with E-state index in [-0.39, 0.29) is 0 Å². The van der Waals surface area contributed by atoms with Crippen molar-refractivity contribution in [2.24, 2.45) is 0 Å². The maximum atomic E-state index is 5.61. The summed E-state index contributed by atoms with van der Waals surface area (Å²) in [6.45, 7) is 3.23. The molecule has 0 radical (unpaired) electrons. The van der Waals surface area contributed by atoms with Gasteiger partial charge in [-0.2, -0.15) is 4.98 Å². The summed E-state index contributed by atoms with van der Waals surface area (Å²) in [6, 6.07) is 1.63. The fourth-order valence-corrected chi connectivity index (χ4v) is 1.10. The predicted molar refractivity (Wildman–Crippen MR) is 57.8 cm³/mol. The number of methoxy groups -OCH3 is 1. The first kappa shape index (κ1) is 11.7. The third-order valence-electron chi connectivity index (χ3n) is 1.83. The van der Waals surface area contributed by atoms with E-state index in [0.717, 1.165) is 12.8 Å².